The Morgan fingerprint density at radius 3 is 1.85 bits per heavy atom. The maximum absolute atomic E-state index is 12.6. The number of carbonyl (C=O) groups excluding carboxylic acids is 2. The Bertz CT molecular complexity index is 573. The summed E-state index contributed by atoms with van der Waals surface area (Å²) in [5, 5.41) is 3.17. The zero-order valence-electron chi connectivity index (χ0n) is 22.3. The Labute approximate surface area is 203 Å². The third-order valence-electron chi connectivity index (χ3n) is 7.51. The Kier molecular flexibility index (Phi) is 12.2. The van der Waals surface area contributed by atoms with Crippen molar-refractivity contribution in [2.24, 2.45) is 17.3 Å². The van der Waals surface area contributed by atoms with Crippen molar-refractivity contribution < 1.29 is 9.59 Å². The molecular weight excluding hydrogens is 412 g/mol. The largest absolute Gasteiger partial charge is 0.343 e. The van der Waals surface area contributed by atoms with Crippen LogP contribution >= 0.6 is 0 Å². The van der Waals surface area contributed by atoms with Gasteiger partial charge in [-0.25, -0.2) is 0 Å². The van der Waals surface area contributed by atoms with Gasteiger partial charge in [-0.05, 0) is 76.5 Å². The molecule has 2 rings (SSSR count). The molecule has 0 saturated carbocycles. The minimum absolute atomic E-state index is 0.0800. The maximum Gasteiger partial charge on any atom is 0.223 e. The zero-order valence-corrected chi connectivity index (χ0v) is 22.3. The topological polar surface area (TPSA) is 55.9 Å². The molecule has 2 amide bonds. The number of hydrogen-bond donors (Lipinski definition) is 1. The lowest BCUT2D eigenvalue weighted by Gasteiger charge is -2.34. The number of hydrogen-bond acceptors (Lipinski definition) is 4. The van der Waals surface area contributed by atoms with Gasteiger partial charge in [0.25, 0.3) is 0 Å². The van der Waals surface area contributed by atoms with Gasteiger partial charge in [0.2, 0.25) is 11.8 Å². The molecule has 192 valence electrons. The zero-order chi connectivity index (χ0) is 24.3. The van der Waals surface area contributed by atoms with E-state index < -0.39 is 0 Å². The van der Waals surface area contributed by atoms with Crippen LogP contribution in [0, 0.1) is 17.3 Å². The highest BCUT2D eigenvalue weighted by Crippen LogP contribution is 2.28. The van der Waals surface area contributed by atoms with Crippen molar-refractivity contribution in [3.63, 3.8) is 0 Å². The molecule has 0 aromatic carbocycles. The van der Waals surface area contributed by atoms with Gasteiger partial charge in [0.15, 0.2) is 0 Å². The molecule has 0 aliphatic carbocycles. The number of nitrogens with zero attached hydrogens (tertiary/aromatic N) is 3. The molecule has 2 saturated heterocycles. The van der Waals surface area contributed by atoms with E-state index in [4.69, 9.17) is 0 Å². The SMILES string of the molecule is CNCCCN(C)CCC(=O)N1CCC(CCCC2CCN(C(=O)CC(C)(C)C)CC2)CC1. The molecule has 2 fully saturated rings. The molecule has 2 aliphatic heterocycles. The van der Waals surface area contributed by atoms with Crippen LogP contribution in [0.2, 0.25) is 0 Å². The van der Waals surface area contributed by atoms with Crippen LogP contribution in [-0.4, -0.2) is 86.4 Å². The molecule has 0 atom stereocenters. The first-order chi connectivity index (χ1) is 15.7. The van der Waals surface area contributed by atoms with Crippen LogP contribution in [0.25, 0.3) is 0 Å². The minimum atomic E-state index is 0.0800. The van der Waals surface area contributed by atoms with E-state index in [2.05, 4.69) is 47.8 Å². The Morgan fingerprint density at radius 1 is 0.848 bits per heavy atom. The molecule has 2 aliphatic rings. The van der Waals surface area contributed by atoms with Gasteiger partial charge in [0, 0.05) is 45.6 Å². The molecule has 0 unspecified atom stereocenters. The summed E-state index contributed by atoms with van der Waals surface area (Å²) in [6.45, 7) is 13.2. The number of carbonyl (C=O) groups is 2. The second-order valence-corrected chi connectivity index (χ2v) is 11.8. The van der Waals surface area contributed by atoms with E-state index in [0.29, 0.717) is 24.7 Å². The first-order valence-corrected chi connectivity index (χ1v) is 13.6. The van der Waals surface area contributed by atoms with Gasteiger partial charge >= 0.3 is 0 Å². The van der Waals surface area contributed by atoms with Gasteiger partial charge in [-0.15, -0.1) is 0 Å². The first-order valence-electron chi connectivity index (χ1n) is 13.6. The van der Waals surface area contributed by atoms with E-state index in [1.54, 1.807) is 0 Å². The third kappa shape index (κ3) is 11.2. The molecule has 0 radical (unpaired) electrons. The second kappa shape index (κ2) is 14.3. The van der Waals surface area contributed by atoms with Crippen LogP contribution in [0.3, 0.4) is 0 Å². The molecule has 1 N–H and O–H groups in total. The Hall–Kier alpha value is -1.14. The average Bonchev–Trinajstić information content (AvgIpc) is 2.77. The smallest absolute Gasteiger partial charge is 0.223 e. The lowest BCUT2D eigenvalue weighted by atomic mass is 9.86. The van der Waals surface area contributed by atoms with Gasteiger partial charge in [-0.3, -0.25) is 9.59 Å². The summed E-state index contributed by atoms with van der Waals surface area (Å²) in [6, 6.07) is 0. The number of amides is 2. The highest BCUT2D eigenvalue weighted by atomic mass is 16.2. The molecule has 0 aromatic heterocycles. The number of likely N-dealkylation sites (tertiary alicyclic amines) is 2. The van der Waals surface area contributed by atoms with E-state index in [1.807, 2.05) is 7.05 Å². The average molecular weight is 465 g/mol. The van der Waals surface area contributed by atoms with E-state index >= 15 is 0 Å². The third-order valence-corrected chi connectivity index (χ3v) is 7.51. The summed E-state index contributed by atoms with van der Waals surface area (Å²) < 4.78 is 0. The fourth-order valence-corrected chi connectivity index (χ4v) is 5.28. The van der Waals surface area contributed by atoms with Gasteiger partial charge in [0.1, 0.15) is 0 Å². The minimum Gasteiger partial charge on any atom is -0.343 e. The van der Waals surface area contributed by atoms with E-state index in [9.17, 15) is 9.59 Å². The predicted octanol–water partition coefficient (Wildman–Crippen LogP) is 4.00. The number of nitrogens with one attached hydrogen (secondary N) is 1. The lowest BCUT2D eigenvalue weighted by molar-refractivity contribution is -0.134. The van der Waals surface area contributed by atoms with Crippen LogP contribution in [0.5, 0.6) is 0 Å². The summed E-state index contributed by atoms with van der Waals surface area (Å²) >= 11 is 0. The van der Waals surface area contributed by atoms with Crippen molar-refractivity contribution in [2.75, 3.05) is 59.9 Å². The molecule has 6 heteroatoms. The summed E-state index contributed by atoms with van der Waals surface area (Å²) in [4.78, 5) is 31.5. The van der Waals surface area contributed by atoms with Crippen LogP contribution in [0.4, 0.5) is 0 Å². The molecule has 33 heavy (non-hydrogen) atoms. The maximum atomic E-state index is 12.6. The number of rotatable bonds is 12. The van der Waals surface area contributed by atoms with Crippen LogP contribution in [0.15, 0.2) is 0 Å². The first kappa shape index (κ1) is 28.1. The van der Waals surface area contributed by atoms with E-state index in [0.717, 1.165) is 64.1 Å². The van der Waals surface area contributed by atoms with E-state index in [1.165, 1.54) is 44.9 Å². The highest BCUT2D eigenvalue weighted by Gasteiger charge is 2.26. The molecular formula is C27H52N4O2. The second-order valence-electron chi connectivity index (χ2n) is 11.8. The lowest BCUT2D eigenvalue weighted by Crippen LogP contribution is -2.40. The fraction of sp³-hybridized carbons (Fsp3) is 0.926. The normalized spacial score (nSPS) is 18.8. The van der Waals surface area contributed by atoms with Gasteiger partial charge in [0.05, 0.1) is 0 Å². The number of piperidine rings is 2. The van der Waals surface area contributed by atoms with Crippen LogP contribution in [-0.2, 0) is 9.59 Å². The van der Waals surface area contributed by atoms with Crippen molar-refractivity contribution in [2.45, 2.75) is 85.0 Å². The van der Waals surface area contributed by atoms with Gasteiger partial charge in [-0.1, -0.05) is 40.0 Å². The Balaban J connectivity index is 1.54. The van der Waals surface area contributed by atoms with Crippen molar-refractivity contribution >= 4 is 11.8 Å². The van der Waals surface area contributed by atoms with Gasteiger partial charge in [-0.2, -0.15) is 0 Å². The molecule has 0 aromatic rings. The van der Waals surface area contributed by atoms with Gasteiger partial charge < -0.3 is 20.0 Å². The van der Waals surface area contributed by atoms with Crippen LogP contribution < -0.4 is 5.32 Å². The molecule has 2 heterocycles. The highest BCUT2D eigenvalue weighted by molar-refractivity contribution is 5.77. The summed E-state index contributed by atoms with van der Waals surface area (Å²) in [5.74, 6) is 2.24. The summed E-state index contributed by atoms with van der Waals surface area (Å²) in [6.07, 6.45) is 11.0. The standard InChI is InChI=1S/C27H52N4O2/c1-27(2,3)22-26(33)31-20-12-24(13-21-31)9-6-8-23-10-18-30(19-11-23)25(32)14-17-29(5)16-7-15-28-4/h23-24,28H,6-22H2,1-5H3. The Morgan fingerprint density at radius 2 is 1.36 bits per heavy atom. The molecule has 0 bridgehead atoms. The summed E-state index contributed by atoms with van der Waals surface area (Å²) in [5.41, 5.74) is 0.0800. The van der Waals surface area contributed by atoms with Crippen molar-refractivity contribution in [3.8, 4) is 0 Å². The van der Waals surface area contributed by atoms with Crippen molar-refractivity contribution in [1.82, 2.24) is 20.0 Å². The van der Waals surface area contributed by atoms with Crippen molar-refractivity contribution in [3.05, 3.63) is 0 Å². The molecule has 0 spiro atoms. The van der Waals surface area contributed by atoms with Crippen molar-refractivity contribution in [1.29, 1.82) is 0 Å². The van der Waals surface area contributed by atoms with E-state index in [-0.39, 0.29) is 5.41 Å². The molecule has 6 nitrogen and oxygen atoms in total. The monoisotopic (exact) mass is 464 g/mol. The quantitative estimate of drug-likeness (QED) is 0.444. The van der Waals surface area contributed by atoms with Crippen LogP contribution in [0.1, 0.15) is 85.0 Å². The summed E-state index contributed by atoms with van der Waals surface area (Å²) in [7, 11) is 4.09. The fourth-order valence-electron chi connectivity index (χ4n) is 5.28. The predicted molar refractivity (Wildman–Crippen MR) is 137 cm³/mol.